The molecule has 110 valence electrons. The van der Waals surface area contributed by atoms with Crippen molar-refractivity contribution in [3.8, 4) is 0 Å². The van der Waals surface area contributed by atoms with Crippen LogP contribution in [-0.4, -0.2) is 17.9 Å². The molecule has 1 rings (SSSR count). The average molecular weight is 276 g/mol. The Morgan fingerprint density at radius 3 is 2.40 bits per heavy atom. The quantitative estimate of drug-likeness (QED) is 0.868. The molecule has 2 N–H and O–H groups in total. The monoisotopic (exact) mass is 276 g/mol. The number of para-hydroxylation sites is 1. The van der Waals surface area contributed by atoms with E-state index in [2.05, 4.69) is 17.6 Å². The summed E-state index contributed by atoms with van der Waals surface area (Å²) in [6.45, 7) is 9.28. The molecule has 0 radical (unpaired) electrons. The van der Waals surface area contributed by atoms with E-state index in [1.807, 2.05) is 39.0 Å². The molecule has 0 fully saturated rings. The number of hydrogen-bond donors (Lipinski definition) is 2. The Morgan fingerprint density at radius 1 is 1.25 bits per heavy atom. The molecule has 0 saturated carbocycles. The fourth-order valence-corrected chi connectivity index (χ4v) is 2.16. The fourth-order valence-electron chi connectivity index (χ4n) is 2.16. The van der Waals surface area contributed by atoms with Gasteiger partial charge in [-0.2, -0.15) is 0 Å². The predicted octanol–water partition coefficient (Wildman–Crippen LogP) is 2.66. The maximum atomic E-state index is 12.4. The molecule has 0 aliphatic rings. The number of aryl methyl sites for hydroxylation is 2. The Kier molecular flexibility index (Phi) is 5.74. The van der Waals surface area contributed by atoms with E-state index in [1.54, 1.807) is 0 Å². The van der Waals surface area contributed by atoms with E-state index in [-0.39, 0.29) is 17.7 Å². The zero-order valence-corrected chi connectivity index (χ0v) is 12.9. The molecule has 0 aliphatic carbocycles. The molecule has 4 heteroatoms. The molecule has 0 bridgehead atoms. The molecule has 1 atom stereocenters. The maximum Gasteiger partial charge on any atom is 0.247 e. The van der Waals surface area contributed by atoms with Crippen molar-refractivity contribution in [3.05, 3.63) is 29.3 Å². The van der Waals surface area contributed by atoms with E-state index < -0.39 is 6.04 Å². The molecule has 2 amide bonds. The lowest BCUT2D eigenvalue weighted by Gasteiger charge is -2.22. The molecular formula is C16H24N2O2. The summed E-state index contributed by atoms with van der Waals surface area (Å²) in [5.41, 5.74) is 2.99. The van der Waals surface area contributed by atoms with Crippen LogP contribution in [0.1, 0.15) is 38.8 Å². The topological polar surface area (TPSA) is 58.2 Å². The first kappa shape index (κ1) is 16.2. The summed E-state index contributed by atoms with van der Waals surface area (Å²) in [5.74, 6) is -0.327. The zero-order valence-electron chi connectivity index (χ0n) is 12.9. The zero-order chi connectivity index (χ0) is 15.3. The third kappa shape index (κ3) is 4.08. The van der Waals surface area contributed by atoms with Gasteiger partial charge < -0.3 is 10.6 Å². The number of carbonyl (C=O) groups is 2. The van der Waals surface area contributed by atoms with Crippen LogP contribution in [0.15, 0.2) is 18.2 Å². The second kappa shape index (κ2) is 7.08. The summed E-state index contributed by atoms with van der Waals surface area (Å²) < 4.78 is 0. The number of nitrogens with one attached hydrogen (secondary N) is 2. The summed E-state index contributed by atoms with van der Waals surface area (Å²) in [6, 6.07) is 5.44. The lowest BCUT2D eigenvalue weighted by molar-refractivity contribution is -0.126. The first-order chi connectivity index (χ1) is 9.36. The van der Waals surface area contributed by atoms with Gasteiger partial charge in [0.1, 0.15) is 6.04 Å². The van der Waals surface area contributed by atoms with Crippen molar-refractivity contribution < 1.29 is 9.59 Å². The minimum atomic E-state index is -0.517. The van der Waals surface area contributed by atoms with Crippen molar-refractivity contribution in [2.24, 2.45) is 5.92 Å². The van der Waals surface area contributed by atoms with Crippen molar-refractivity contribution in [1.82, 2.24) is 5.32 Å². The second-order valence-electron chi connectivity index (χ2n) is 5.37. The van der Waals surface area contributed by atoms with Crippen LogP contribution in [0.2, 0.25) is 0 Å². The third-order valence-corrected chi connectivity index (χ3v) is 3.30. The van der Waals surface area contributed by atoms with E-state index in [1.165, 1.54) is 6.92 Å². The van der Waals surface area contributed by atoms with Gasteiger partial charge in [0.15, 0.2) is 0 Å². The van der Waals surface area contributed by atoms with Crippen molar-refractivity contribution in [2.75, 3.05) is 5.32 Å². The van der Waals surface area contributed by atoms with Crippen LogP contribution >= 0.6 is 0 Å². The highest BCUT2D eigenvalue weighted by atomic mass is 16.2. The van der Waals surface area contributed by atoms with E-state index >= 15 is 0 Å². The summed E-state index contributed by atoms with van der Waals surface area (Å²) in [4.78, 5) is 23.6. The minimum Gasteiger partial charge on any atom is -0.344 e. The first-order valence-electron chi connectivity index (χ1n) is 7.03. The highest BCUT2D eigenvalue weighted by molar-refractivity contribution is 5.98. The molecular weight excluding hydrogens is 252 g/mol. The SMILES string of the molecule is CCc1cccc(C)c1NC(=O)[C@@H](NC(C)=O)C(C)C. The largest absolute Gasteiger partial charge is 0.344 e. The van der Waals surface area contributed by atoms with Gasteiger partial charge in [0.25, 0.3) is 0 Å². The van der Waals surface area contributed by atoms with Gasteiger partial charge in [-0.05, 0) is 30.4 Å². The number of anilines is 1. The second-order valence-corrected chi connectivity index (χ2v) is 5.37. The Hall–Kier alpha value is -1.84. The van der Waals surface area contributed by atoms with Gasteiger partial charge >= 0.3 is 0 Å². The van der Waals surface area contributed by atoms with E-state index in [9.17, 15) is 9.59 Å². The van der Waals surface area contributed by atoms with Gasteiger partial charge in [0, 0.05) is 12.6 Å². The molecule has 1 aromatic carbocycles. The summed E-state index contributed by atoms with van der Waals surface area (Å²) in [5, 5.41) is 5.67. The Morgan fingerprint density at radius 2 is 1.90 bits per heavy atom. The van der Waals surface area contributed by atoms with Gasteiger partial charge in [-0.25, -0.2) is 0 Å². The minimum absolute atomic E-state index is 0.0352. The smallest absolute Gasteiger partial charge is 0.247 e. The molecule has 0 saturated heterocycles. The standard InChI is InChI=1S/C16H24N2O2/c1-6-13-9-7-8-11(4)15(13)18-16(20)14(10(2)3)17-12(5)19/h7-10,14H,6H2,1-5H3,(H,17,19)(H,18,20)/t14-/m0/s1. The summed E-state index contributed by atoms with van der Waals surface area (Å²) >= 11 is 0. The fraction of sp³-hybridized carbons (Fsp3) is 0.500. The van der Waals surface area contributed by atoms with Gasteiger partial charge in [-0.1, -0.05) is 39.0 Å². The van der Waals surface area contributed by atoms with E-state index in [4.69, 9.17) is 0 Å². The van der Waals surface area contributed by atoms with Crippen molar-refractivity contribution in [1.29, 1.82) is 0 Å². The molecule has 20 heavy (non-hydrogen) atoms. The molecule has 0 spiro atoms. The highest BCUT2D eigenvalue weighted by Crippen LogP contribution is 2.21. The lowest BCUT2D eigenvalue weighted by atomic mass is 10.0. The molecule has 0 unspecified atom stereocenters. The number of benzene rings is 1. The molecule has 1 aromatic rings. The molecule has 4 nitrogen and oxygen atoms in total. The summed E-state index contributed by atoms with van der Waals surface area (Å²) in [6.07, 6.45) is 0.851. The van der Waals surface area contributed by atoms with Crippen LogP contribution in [0.25, 0.3) is 0 Å². The van der Waals surface area contributed by atoms with Gasteiger partial charge in [0.05, 0.1) is 0 Å². The van der Waals surface area contributed by atoms with Crippen LogP contribution in [0.4, 0.5) is 5.69 Å². The first-order valence-corrected chi connectivity index (χ1v) is 7.03. The van der Waals surface area contributed by atoms with Crippen LogP contribution in [-0.2, 0) is 16.0 Å². The van der Waals surface area contributed by atoms with E-state index in [0.29, 0.717) is 0 Å². The number of amides is 2. The van der Waals surface area contributed by atoms with E-state index in [0.717, 1.165) is 23.2 Å². The van der Waals surface area contributed by atoms with Crippen molar-refractivity contribution >= 4 is 17.5 Å². The maximum absolute atomic E-state index is 12.4. The van der Waals surface area contributed by atoms with Gasteiger partial charge in [0.2, 0.25) is 11.8 Å². The Balaban J connectivity index is 2.96. The molecule has 0 aromatic heterocycles. The van der Waals surface area contributed by atoms with Crippen LogP contribution in [0, 0.1) is 12.8 Å². The van der Waals surface area contributed by atoms with Gasteiger partial charge in [-0.3, -0.25) is 9.59 Å². The summed E-state index contributed by atoms with van der Waals surface area (Å²) in [7, 11) is 0. The Labute approximate surface area is 121 Å². The lowest BCUT2D eigenvalue weighted by Crippen LogP contribution is -2.46. The van der Waals surface area contributed by atoms with Crippen molar-refractivity contribution in [2.45, 2.75) is 47.1 Å². The number of rotatable bonds is 5. The highest BCUT2D eigenvalue weighted by Gasteiger charge is 2.23. The normalized spacial score (nSPS) is 12.1. The molecule has 0 aliphatic heterocycles. The van der Waals surface area contributed by atoms with Crippen LogP contribution < -0.4 is 10.6 Å². The number of carbonyl (C=O) groups excluding carboxylic acids is 2. The van der Waals surface area contributed by atoms with Crippen LogP contribution in [0.5, 0.6) is 0 Å². The third-order valence-electron chi connectivity index (χ3n) is 3.30. The van der Waals surface area contributed by atoms with Crippen molar-refractivity contribution in [3.63, 3.8) is 0 Å². The molecule has 0 heterocycles. The average Bonchev–Trinajstić information content (AvgIpc) is 2.37. The Bertz CT molecular complexity index is 495. The van der Waals surface area contributed by atoms with Crippen LogP contribution in [0.3, 0.4) is 0 Å². The van der Waals surface area contributed by atoms with Gasteiger partial charge in [-0.15, -0.1) is 0 Å². The number of hydrogen-bond acceptors (Lipinski definition) is 2. The predicted molar refractivity (Wildman–Crippen MR) is 81.6 cm³/mol.